The standard InChI is InChI=1S/C25H30Cl2IN3O4S/c1-17(25(33)29-21-6-4-3-5-7-21)30(15-18-8-9-19(26)14-23(18)27)24(32)16-31(36(2,34)35)22-12-10-20(28)11-13-22/h8-14,17,21H,3-7,15-16H2,1-2H3,(H,29,33)/t17-/m0/s1. The van der Waals surface area contributed by atoms with Crippen molar-refractivity contribution in [3.8, 4) is 0 Å². The Bertz CT molecular complexity index is 1190. The van der Waals surface area contributed by atoms with Gasteiger partial charge >= 0.3 is 0 Å². The summed E-state index contributed by atoms with van der Waals surface area (Å²) in [6, 6.07) is 11.0. The first-order valence-corrected chi connectivity index (χ1v) is 15.4. The molecule has 1 aliphatic carbocycles. The first kappa shape index (κ1) is 29.0. The van der Waals surface area contributed by atoms with Crippen LogP contribution in [0.3, 0.4) is 0 Å². The lowest BCUT2D eigenvalue weighted by Crippen LogP contribution is -2.53. The zero-order valence-corrected chi connectivity index (χ0v) is 24.7. The van der Waals surface area contributed by atoms with E-state index in [1.165, 1.54) is 4.90 Å². The molecule has 11 heteroatoms. The topological polar surface area (TPSA) is 86.8 Å². The Labute approximate surface area is 236 Å². The van der Waals surface area contributed by atoms with Gasteiger partial charge in [-0.25, -0.2) is 8.42 Å². The number of hydrogen-bond donors (Lipinski definition) is 1. The third-order valence-electron chi connectivity index (χ3n) is 6.27. The molecule has 2 aromatic carbocycles. The normalized spacial score (nSPS) is 15.2. The van der Waals surface area contributed by atoms with Crippen LogP contribution < -0.4 is 9.62 Å². The molecule has 1 saturated carbocycles. The number of nitrogens with one attached hydrogen (secondary N) is 1. The molecule has 1 N–H and O–H groups in total. The van der Waals surface area contributed by atoms with E-state index in [2.05, 4.69) is 27.9 Å². The monoisotopic (exact) mass is 665 g/mol. The van der Waals surface area contributed by atoms with Gasteiger partial charge in [-0.05, 0) is 84.3 Å². The van der Waals surface area contributed by atoms with Gasteiger partial charge in [0.1, 0.15) is 12.6 Å². The maximum absolute atomic E-state index is 13.6. The van der Waals surface area contributed by atoms with E-state index >= 15 is 0 Å². The van der Waals surface area contributed by atoms with Gasteiger partial charge in [0.25, 0.3) is 0 Å². The maximum atomic E-state index is 13.6. The van der Waals surface area contributed by atoms with Crippen molar-refractivity contribution in [2.75, 3.05) is 17.1 Å². The minimum atomic E-state index is -3.78. The number of carbonyl (C=O) groups excluding carboxylic acids is 2. The smallest absolute Gasteiger partial charge is 0.244 e. The summed E-state index contributed by atoms with van der Waals surface area (Å²) in [5, 5.41) is 3.88. The molecule has 2 aromatic rings. The molecule has 1 atom stereocenters. The van der Waals surface area contributed by atoms with E-state index in [0.717, 1.165) is 46.2 Å². The Morgan fingerprint density at radius 2 is 1.72 bits per heavy atom. The highest BCUT2D eigenvalue weighted by Gasteiger charge is 2.31. The van der Waals surface area contributed by atoms with Crippen molar-refractivity contribution in [2.45, 2.75) is 57.7 Å². The summed E-state index contributed by atoms with van der Waals surface area (Å²) in [7, 11) is -3.78. The second-order valence-electron chi connectivity index (χ2n) is 9.02. The van der Waals surface area contributed by atoms with E-state index in [4.69, 9.17) is 23.2 Å². The number of nitrogens with zero attached hydrogens (tertiary/aromatic N) is 2. The van der Waals surface area contributed by atoms with Gasteiger partial charge in [0.2, 0.25) is 21.8 Å². The fourth-order valence-corrected chi connectivity index (χ4v) is 5.88. The van der Waals surface area contributed by atoms with E-state index in [0.29, 0.717) is 21.3 Å². The summed E-state index contributed by atoms with van der Waals surface area (Å²) in [6.07, 6.45) is 6.14. The summed E-state index contributed by atoms with van der Waals surface area (Å²) in [6.45, 7) is 1.22. The average molecular weight is 666 g/mol. The third kappa shape index (κ3) is 7.97. The molecule has 0 unspecified atom stereocenters. The molecule has 0 aliphatic heterocycles. The van der Waals surface area contributed by atoms with Crippen molar-refractivity contribution in [2.24, 2.45) is 0 Å². The number of rotatable bonds is 9. The molecule has 0 saturated heterocycles. The second-order valence-corrected chi connectivity index (χ2v) is 13.0. The van der Waals surface area contributed by atoms with Crippen LogP contribution >= 0.6 is 45.8 Å². The van der Waals surface area contributed by atoms with Gasteiger partial charge < -0.3 is 10.2 Å². The molecule has 0 heterocycles. The first-order valence-electron chi connectivity index (χ1n) is 11.7. The van der Waals surface area contributed by atoms with Crippen LogP contribution in [0.15, 0.2) is 42.5 Å². The molecule has 7 nitrogen and oxygen atoms in total. The van der Waals surface area contributed by atoms with Crippen LogP contribution in [-0.2, 0) is 26.2 Å². The number of amides is 2. The molecular weight excluding hydrogens is 636 g/mol. The minimum absolute atomic E-state index is 0.0262. The highest BCUT2D eigenvalue weighted by Crippen LogP contribution is 2.25. The van der Waals surface area contributed by atoms with Crippen molar-refractivity contribution in [3.05, 3.63) is 61.6 Å². The summed E-state index contributed by atoms with van der Waals surface area (Å²) in [4.78, 5) is 28.2. The Morgan fingerprint density at radius 1 is 1.08 bits per heavy atom. The summed E-state index contributed by atoms with van der Waals surface area (Å²) < 4.78 is 27.2. The number of anilines is 1. The first-order chi connectivity index (χ1) is 17.0. The molecule has 0 aromatic heterocycles. The molecular formula is C25H30Cl2IN3O4S. The molecule has 2 amide bonds. The van der Waals surface area contributed by atoms with Crippen LogP contribution in [0, 0.1) is 3.57 Å². The van der Waals surface area contributed by atoms with Crippen LogP contribution in [0.2, 0.25) is 10.0 Å². The van der Waals surface area contributed by atoms with E-state index in [1.807, 2.05) is 0 Å². The molecule has 1 aliphatic rings. The fourth-order valence-electron chi connectivity index (χ4n) is 4.21. The lowest BCUT2D eigenvalue weighted by Gasteiger charge is -2.33. The number of carbonyl (C=O) groups is 2. The van der Waals surface area contributed by atoms with Crippen LogP contribution in [0.4, 0.5) is 5.69 Å². The highest BCUT2D eigenvalue weighted by atomic mass is 127. The highest BCUT2D eigenvalue weighted by molar-refractivity contribution is 14.1. The zero-order chi connectivity index (χ0) is 26.5. The molecule has 0 spiro atoms. The van der Waals surface area contributed by atoms with Crippen molar-refractivity contribution < 1.29 is 18.0 Å². The number of halogens is 3. The summed E-state index contributed by atoms with van der Waals surface area (Å²) in [5.74, 6) is -0.795. The van der Waals surface area contributed by atoms with E-state index in [1.54, 1.807) is 49.4 Å². The van der Waals surface area contributed by atoms with Gasteiger partial charge in [0, 0.05) is 26.2 Å². The van der Waals surface area contributed by atoms with Gasteiger partial charge in [0.15, 0.2) is 0 Å². The largest absolute Gasteiger partial charge is 0.352 e. The summed E-state index contributed by atoms with van der Waals surface area (Å²) >= 11 is 14.5. The molecule has 3 rings (SSSR count). The van der Waals surface area contributed by atoms with Crippen LogP contribution in [0.25, 0.3) is 0 Å². The number of benzene rings is 2. The van der Waals surface area contributed by atoms with Crippen molar-refractivity contribution >= 4 is 73.3 Å². The molecule has 36 heavy (non-hydrogen) atoms. The quantitative estimate of drug-likeness (QED) is 0.372. The molecule has 0 radical (unpaired) electrons. The SMILES string of the molecule is C[C@@H](C(=O)NC1CCCCC1)N(Cc1ccc(Cl)cc1Cl)C(=O)CN(c1ccc(I)cc1)S(C)(=O)=O. The average Bonchev–Trinajstić information content (AvgIpc) is 2.82. The molecule has 196 valence electrons. The van der Waals surface area contributed by atoms with E-state index < -0.39 is 28.5 Å². The van der Waals surface area contributed by atoms with Gasteiger partial charge in [0.05, 0.1) is 11.9 Å². The predicted molar refractivity (Wildman–Crippen MR) is 153 cm³/mol. The van der Waals surface area contributed by atoms with Crippen molar-refractivity contribution in [1.29, 1.82) is 0 Å². The Morgan fingerprint density at radius 3 is 2.31 bits per heavy atom. The number of sulfonamides is 1. The van der Waals surface area contributed by atoms with Crippen molar-refractivity contribution in [3.63, 3.8) is 0 Å². The Hall–Kier alpha value is -1.56. The lowest BCUT2D eigenvalue weighted by molar-refractivity contribution is -0.139. The van der Waals surface area contributed by atoms with Crippen LogP contribution in [0.1, 0.15) is 44.6 Å². The Balaban J connectivity index is 1.89. The van der Waals surface area contributed by atoms with Crippen LogP contribution in [-0.4, -0.2) is 50.0 Å². The fraction of sp³-hybridized carbons (Fsp3) is 0.440. The maximum Gasteiger partial charge on any atom is 0.244 e. The Kier molecular flexibility index (Phi) is 10.3. The van der Waals surface area contributed by atoms with E-state index in [9.17, 15) is 18.0 Å². The van der Waals surface area contributed by atoms with Gasteiger partial charge in [-0.1, -0.05) is 48.5 Å². The summed E-state index contributed by atoms with van der Waals surface area (Å²) in [5.41, 5.74) is 0.974. The van der Waals surface area contributed by atoms with Gasteiger partial charge in [-0.2, -0.15) is 0 Å². The minimum Gasteiger partial charge on any atom is -0.352 e. The molecule has 1 fully saturated rings. The predicted octanol–water partition coefficient (Wildman–Crippen LogP) is 5.23. The van der Waals surface area contributed by atoms with Gasteiger partial charge in [-0.15, -0.1) is 0 Å². The zero-order valence-electron chi connectivity index (χ0n) is 20.2. The van der Waals surface area contributed by atoms with Crippen LogP contribution in [0.5, 0.6) is 0 Å². The molecule has 0 bridgehead atoms. The van der Waals surface area contributed by atoms with Crippen molar-refractivity contribution in [1.82, 2.24) is 10.2 Å². The lowest BCUT2D eigenvalue weighted by atomic mass is 9.95. The third-order valence-corrected chi connectivity index (χ3v) is 8.72. The second kappa shape index (κ2) is 12.8. The van der Waals surface area contributed by atoms with Gasteiger partial charge in [-0.3, -0.25) is 13.9 Å². The van der Waals surface area contributed by atoms with E-state index in [-0.39, 0.29) is 18.5 Å². The number of hydrogen-bond acceptors (Lipinski definition) is 4.